The number of aryl methyl sites for hydroxylation is 2. The molecule has 1 atom stereocenters. The number of nitrogens with one attached hydrogen (secondary N) is 2. The molecule has 3 aromatic rings. The molecule has 7 nitrogen and oxygen atoms in total. The van der Waals surface area contributed by atoms with E-state index < -0.39 is 11.5 Å². The summed E-state index contributed by atoms with van der Waals surface area (Å²) in [4.78, 5) is 27.2. The smallest absolute Gasteiger partial charge is 0.261 e. The Morgan fingerprint density at radius 1 is 1.26 bits per heavy atom. The van der Waals surface area contributed by atoms with E-state index in [-0.39, 0.29) is 11.6 Å². The summed E-state index contributed by atoms with van der Waals surface area (Å²) >= 11 is 0. The summed E-state index contributed by atoms with van der Waals surface area (Å²) in [5.41, 5.74) is 3.04. The molecule has 2 N–H and O–H groups in total. The SMILES string of the molecule is COc1ccc(-n2cc(C(C)NC(=O)c3cc(C)c(C)[nH]c3=O)cn2)cc1. The number of ether oxygens (including phenoxy) is 1. The van der Waals surface area contributed by atoms with Crippen molar-refractivity contribution in [2.24, 2.45) is 0 Å². The van der Waals surface area contributed by atoms with E-state index in [1.54, 1.807) is 31.0 Å². The minimum Gasteiger partial charge on any atom is -0.497 e. The Labute approximate surface area is 157 Å². The Hall–Kier alpha value is -3.35. The lowest BCUT2D eigenvalue weighted by Crippen LogP contribution is -2.32. The number of hydrogen-bond donors (Lipinski definition) is 2. The van der Waals surface area contributed by atoms with Crippen molar-refractivity contribution in [1.29, 1.82) is 0 Å². The standard InChI is InChI=1S/C20H22N4O3/c1-12-9-18(19(25)22-13(12)2)20(26)23-14(3)15-10-21-24(11-15)16-5-7-17(27-4)8-6-16/h5-11,14H,1-4H3,(H,22,25)(H,23,26). The molecule has 140 valence electrons. The fraction of sp³-hybridized carbons (Fsp3) is 0.250. The van der Waals surface area contributed by atoms with Gasteiger partial charge < -0.3 is 15.0 Å². The Morgan fingerprint density at radius 3 is 2.63 bits per heavy atom. The van der Waals surface area contributed by atoms with Gasteiger partial charge >= 0.3 is 0 Å². The van der Waals surface area contributed by atoms with Crippen molar-refractivity contribution in [3.05, 3.63) is 75.5 Å². The van der Waals surface area contributed by atoms with Crippen LogP contribution in [-0.4, -0.2) is 27.8 Å². The topological polar surface area (TPSA) is 89.0 Å². The molecule has 0 saturated carbocycles. The molecule has 27 heavy (non-hydrogen) atoms. The Kier molecular flexibility index (Phi) is 5.12. The maximum Gasteiger partial charge on any atom is 0.261 e. The molecule has 0 aliphatic rings. The molecule has 3 rings (SSSR count). The predicted molar refractivity (Wildman–Crippen MR) is 103 cm³/mol. The third kappa shape index (κ3) is 3.92. The molecule has 7 heteroatoms. The summed E-state index contributed by atoms with van der Waals surface area (Å²) in [5.74, 6) is 0.356. The van der Waals surface area contributed by atoms with Crippen LogP contribution in [0, 0.1) is 13.8 Å². The second-order valence-electron chi connectivity index (χ2n) is 6.43. The maximum absolute atomic E-state index is 12.5. The number of hydrogen-bond acceptors (Lipinski definition) is 4. The molecule has 0 bridgehead atoms. The van der Waals surface area contributed by atoms with Crippen LogP contribution in [0.2, 0.25) is 0 Å². The zero-order chi connectivity index (χ0) is 19.6. The van der Waals surface area contributed by atoms with Crippen molar-refractivity contribution in [2.75, 3.05) is 7.11 Å². The van der Waals surface area contributed by atoms with Crippen molar-refractivity contribution in [3.8, 4) is 11.4 Å². The first kappa shape index (κ1) is 18.4. The minimum atomic E-state index is -0.413. The van der Waals surface area contributed by atoms with Crippen LogP contribution in [0.3, 0.4) is 0 Å². The van der Waals surface area contributed by atoms with E-state index in [0.717, 1.165) is 28.3 Å². The number of aromatic nitrogens is 3. The number of aromatic amines is 1. The van der Waals surface area contributed by atoms with Gasteiger partial charge in [0.2, 0.25) is 0 Å². The molecule has 0 fully saturated rings. The Balaban J connectivity index is 1.76. The number of benzene rings is 1. The van der Waals surface area contributed by atoms with E-state index in [4.69, 9.17) is 4.74 Å². The van der Waals surface area contributed by atoms with Crippen LogP contribution in [0.15, 0.2) is 47.5 Å². The van der Waals surface area contributed by atoms with E-state index in [2.05, 4.69) is 15.4 Å². The first-order chi connectivity index (χ1) is 12.9. The summed E-state index contributed by atoms with van der Waals surface area (Å²) in [5, 5.41) is 7.19. The summed E-state index contributed by atoms with van der Waals surface area (Å²) < 4.78 is 6.88. The average Bonchev–Trinajstić information content (AvgIpc) is 3.15. The van der Waals surface area contributed by atoms with E-state index in [1.165, 1.54) is 0 Å². The molecule has 2 heterocycles. The zero-order valence-corrected chi connectivity index (χ0v) is 15.7. The fourth-order valence-electron chi connectivity index (χ4n) is 2.69. The normalized spacial score (nSPS) is 11.9. The molecule has 0 aliphatic heterocycles. The number of rotatable bonds is 5. The van der Waals surface area contributed by atoms with Gasteiger partial charge in [-0.3, -0.25) is 9.59 Å². The second kappa shape index (κ2) is 7.49. The number of methoxy groups -OCH3 is 1. The molecule has 0 saturated heterocycles. The molecule has 2 aromatic heterocycles. The molecule has 1 unspecified atom stereocenters. The van der Waals surface area contributed by atoms with Gasteiger partial charge in [0.15, 0.2) is 0 Å². The van der Waals surface area contributed by atoms with Crippen LogP contribution in [0.1, 0.15) is 40.1 Å². The number of H-pyrrole nitrogens is 1. The zero-order valence-electron chi connectivity index (χ0n) is 15.7. The number of amides is 1. The maximum atomic E-state index is 12.5. The second-order valence-corrected chi connectivity index (χ2v) is 6.43. The first-order valence-electron chi connectivity index (χ1n) is 8.59. The van der Waals surface area contributed by atoms with E-state index in [1.807, 2.05) is 44.3 Å². The highest BCUT2D eigenvalue weighted by molar-refractivity contribution is 5.94. The lowest BCUT2D eigenvalue weighted by Gasteiger charge is -2.12. The summed E-state index contributed by atoms with van der Waals surface area (Å²) in [6.45, 7) is 5.50. The number of nitrogens with zero attached hydrogens (tertiary/aromatic N) is 2. The Bertz CT molecular complexity index is 1020. The molecule has 0 radical (unpaired) electrons. The highest BCUT2D eigenvalue weighted by atomic mass is 16.5. The monoisotopic (exact) mass is 366 g/mol. The van der Waals surface area contributed by atoms with E-state index in [9.17, 15) is 9.59 Å². The third-order valence-electron chi connectivity index (χ3n) is 4.53. The molecule has 1 aromatic carbocycles. The van der Waals surface area contributed by atoms with Gasteiger partial charge in [-0.2, -0.15) is 5.10 Å². The van der Waals surface area contributed by atoms with Crippen molar-refractivity contribution in [1.82, 2.24) is 20.1 Å². The van der Waals surface area contributed by atoms with Crippen LogP contribution in [0.4, 0.5) is 0 Å². The van der Waals surface area contributed by atoms with Gasteiger partial charge in [0.1, 0.15) is 11.3 Å². The lowest BCUT2D eigenvalue weighted by atomic mass is 10.1. The number of carbonyl (C=O) groups excluding carboxylic acids is 1. The molecule has 0 aliphatic carbocycles. The fourth-order valence-corrected chi connectivity index (χ4v) is 2.69. The third-order valence-corrected chi connectivity index (χ3v) is 4.53. The van der Waals surface area contributed by atoms with Gasteiger partial charge in [0.25, 0.3) is 11.5 Å². The van der Waals surface area contributed by atoms with Crippen LogP contribution in [0.5, 0.6) is 5.75 Å². The summed E-state index contributed by atoms with van der Waals surface area (Å²) in [7, 11) is 1.62. The van der Waals surface area contributed by atoms with Crippen molar-refractivity contribution in [2.45, 2.75) is 26.8 Å². The number of carbonyl (C=O) groups is 1. The van der Waals surface area contributed by atoms with Crippen molar-refractivity contribution < 1.29 is 9.53 Å². The Morgan fingerprint density at radius 2 is 1.96 bits per heavy atom. The molecular formula is C20H22N4O3. The van der Waals surface area contributed by atoms with Gasteiger partial charge in [-0.15, -0.1) is 0 Å². The predicted octanol–water partition coefficient (Wildman–Crippen LogP) is 2.68. The van der Waals surface area contributed by atoms with E-state index in [0.29, 0.717) is 0 Å². The van der Waals surface area contributed by atoms with Crippen LogP contribution in [0.25, 0.3) is 5.69 Å². The van der Waals surface area contributed by atoms with Gasteiger partial charge in [-0.25, -0.2) is 4.68 Å². The largest absolute Gasteiger partial charge is 0.497 e. The molecule has 1 amide bonds. The summed E-state index contributed by atoms with van der Waals surface area (Å²) in [6.07, 6.45) is 3.54. The van der Waals surface area contributed by atoms with Crippen LogP contribution >= 0.6 is 0 Å². The van der Waals surface area contributed by atoms with Crippen molar-refractivity contribution >= 4 is 5.91 Å². The molecular weight excluding hydrogens is 344 g/mol. The van der Waals surface area contributed by atoms with Gasteiger partial charge in [-0.05, 0) is 56.7 Å². The van der Waals surface area contributed by atoms with E-state index >= 15 is 0 Å². The van der Waals surface area contributed by atoms with Gasteiger partial charge in [0, 0.05) is 17.5 Å². The van der Waals surface area contributed by atoms with Crippen LogP contribution < -0.4 is 15.6 Å². The number of pyridine rings is 1. The van der Waals surface area contributed by atoms with Crippen LogP contribution in [-0.2, 0) is 0 Å². The quantitative estimate of drug-likeness (QED) is 0.727. The minimum absolute atomic E-state index is 0.104. The summed E-state index contributed by atoms with van der Waals surface area (Å²) in [6, 6.07) is 8.81. The van der Waals surface area contributed by atoms with Crippen molar-refractivity contribution in [3.63, 3.8) is 0 Å². The van der Waals surface area contributed by atoms with Gasteiger partial charge in [-0.1, -0.05) is 0 Å². The highest BCUT2D eigenvalue weighted by Crippen LogP contribution is 2.17. The first-order valence-corrected chi connectivity index (χ1v) is 8.59. The molecule has 0 spiro atoms. The lowest BCUT2D eigenvalue weighted by molar-refractivity contribution is 0.0938. The van der Waals surface area contributed by atoms with Gasteiger partial charge in [0.05, 0.1) is 25.0 Å². The average molecular weight is 366 g/mol. The highest BCUT2D eigenvalue weighted by Gasteiger charge is 2.17.